The first-order valence-corrected chi connectivity index (χ1v) is 10.3. The van der Waals surface area contributed by atoms with Crippen molar-refractivity contribution in [2.75, 3.05) is 7.05 Å². The molecule has 0 spiro atoms. The van der Waals surface area contributed by atoms with Crippen LogP contribution in [0.15, 0.2) is 12.1 Å². The van der Waals surface area contributed by atoms with Gasteiger partial charge in [0.1, 0.15) is 23.4 Å². The number of nitrogens with one attached hydrogen (secondary N) is 2. The molecule has 1 atom stereocenters. The van der Waals surface area contributed by atoms with Gasteiger partial charge in [-0.3, -0.25) is 9.59 Å². The van der Waals surface area contributed by atoms with Crippen molar-refractivity contribution in [2.45, 2.75) is 59.0 Å². The fraction of sp³-hybridized carbons (Fsp3) is 0.500. The zero-order valence-electron chi connectivity index (χ0n) is 18.1. The fourth-order valence-corrected chi connectivity index (χ4v) is 3.82. The summed E-state index contributed by atoms with van der Waals surface area (Å²) < 4.78 is 43.5. The van der Waals surface area contributed by atoms with Crippen LogP contribution in [-0.4, -0.2) is 34.5 Å². The van der Waals surface area contributed by atoms with E-state index >= 15 is 0 Å². The Labute approximate surface area is 179 Å². The maximum absolute atomic E-state index is 14.5. The number of benzene rings is 1. The molecule has 0 radical (unpaired) electrons. The number of halogens is 3. The summed E-state index contributed by atoms with van der Waals surface area (Å²) in [6, 6.07) is 0.413. The van der Waals surface area contributed by atoms with Crippen LogP contribution in [0.4, 0.5) is 13.2 Å². The SMILES string of the molecule is CNC(=O)[C@@H](NC(=O)c1nc(-c2cc(F)c(F)cc2F)n2c1CCCCC2)C(C)(C)C. The maximum Gasteiger partial charge on any atom is 0.272 e. The summed E-state index contributed by atoms with van der Waals surface area (Å²) >= 11 is 0. The number of likely N-dealkylation sites (N-methyl/N-ethyl adjacent to an activating group) is 1. The van der Waals surface area contributed by atoms with Gasteiger partial charge in [-0.05, 0) is 30.7 Å². The van der Waals surface area contributed by atoms with E-state index in [1.54, 1.807) is 4.57 Å². The average Bonchev–Trinajstić information content (AvgIpc) is 2.88. The first-order chi connectivity index (χ1) is 14.5. The van der Waals surface area contributed by atoms with Crippen molar-refractivity contribution in [3.05, 3.63) is 41.0 Å². The molecule has 0 saturated heterocycles. The molecule has 1 aromatic heterocycles. The van der Waals surface area contributed by atoms with E-state index in [0.29, 0.717) is 24.7 Å². The molecule has 2 aromatic rings. The molecule has 1 aliphatic heterocycles. The van der Waals surface area contributed by atoms with Crippen molar-refractivity contribution in [1.82, 2.24) is 20.2 Å². The third-order valence-corrected chi connectivity index (χ3v) is 5.48. The topological polar surface area (TPSA) is 76.0 Å². The lowest BCUT2D eigenvalue weighted by molar-refractivity contribution is -0.124. The van der Waals surface area contributed by atoms with Gasteiger partial charge in [0.2, 0.25) is 5.91 Å². The van der Waals surface area contributed by atoms with E-state index in [2.05, 4.69) is 15.6 Å². The number of carbonyl (C=O) groups excluding carboxylic acids is 2. The van der Waals surface area contributed by atoms with Crippen LogP contribution in [0.3, 0.4) is 0 Å². The Bertz CT molecular complexity index is 1010. The quantitative estimate of drug-likeness (QED) is 0.720. The Morgan fingerprint density at radius 2 is 1.74 bits per heavy atom. The molecule has 31 heavy (non-hydrogen) atoms. The highest BCUT2D eigenvalue weighted by atomic mass is 19.2. The van der Waals surface area contributed by atoms with Crippen molar-refractivity contribution < 1.29 is 22.8 Å². The first kappa shape index (κ1) is 22.8. The second kappa shape index (κ2) is 8.72. The minimum atomic E-state index is -1.29. The molecule has 2 N–H and O–H groups in total. The van der Waals surface area contributed by atoms with Crippen molar-refractivity contribution in [3.8, 4) is 11.4 Å². The van der Waals surface area contributed by atoms with E-state index in [-0.39, 0.29) is 23.0 Å². The number of aromatic nitrogens is 2. The van der Waals surface area contributed by atoms with E-state index < -0.39 is 34.8 Å². The number of amides is 2. The highest BCUT2D eigenvalue weighted by Crippen LogP contribution is 2.30. The average molecular weight is 436 g/mol. The van der Waals surface area contributed by atoms with Gasteiger partial charge in [0.25, 0.3) is 5.91 Å². The fourth-order valence-electron chi connectivity index (χ4n) is 3.82. The Morgan fingerprint density at radius 1 is 1.06 bits per heavy atom. The molecule has 0 unspecified atom stereocenters. The lowest BCUT2D eigenvalue weighted by atomic mass is 9.86. The standard InChI is InChI=1S/C22H27F3N4O2/c1-22(2,3)18(21(31)26-4)28-20(30)17-16-8-6-5-7-9-29(16)19(27-17)12-10-14(24)15(25)11-13(12)23/h10-11,18H,5-9H2,1-4H3,(H,26,31)(H,28,30)/t18-/m1/s1. The van der Waals surface area contributed by atoms with Crippen LogP contribution in [0.1, 0.15) is 56.2 Å². The number of hydrogen-bond donors (Lipinski definition) is 2. The van der Waals surface area contributed by atoms with Crippen molar-refractivity contribution >= 4 is 11.8 Å². The molecule has 0 saturated carbocycles. The van der Waals surface area contributed by atoms with Crippen molar-refractivity contribution in [1.29, 1.82) is 0 Å². The molecular weight excluding hydrogens is 409 g/mol. The van der Waals surface area contributed by atoms with Crippen LogP contribution in [-0.2, 0) is 17.8 Å². The Hall–Kier alpha value is -2.84. The summed E-state index contributed by atoms with van der Waals surface area (Å²) in [5, 5.41) is 5.28. The summed E-state index contributed by atoms with van der Waals surface area (Å²) in [4.78, 5) is 29.8. The van der Waals surface area contributed by atoms with E-state index in [9.17, 15) is 22.8 Å². The van der Waals surface area contributed by atoms with Gasteiger partial charge < -0.3 is 15.2 Å². The van der Waals surface area contributed by atoms with E-state index in [1.807, 2.05) is 20.8 Å². The van der Waals surface area contributed by atoms with Gasteiger partial charge >= 0.3 is 0 Å². The Balaban J connectivity index is 2.09. The molecule has 0 bridgehead atoms. The summed E-state index contributed by atoms with van der Waals surface area (Å²) in [6.45, 7) is 5.94. The van der Waals surface area contributed by atoms with E-state index in [0.717, 1.165) is 25.3 Å². The van der Waals surface area contributed by atoms with Gasteiger partial charge in [-0.1, -0.05) is 27.2 Å². The zero-order chi connectivity index (χ0) is 22.9. The smallest absolute Gasteiger partial charge is 0.272 e. The number of imidazole rings is 1. The third-order valence-electron chi connectivity index (χ3n) is 5.48. The van der Waals surface area contributed by atoms with Gasteiger partial charge in [0, 0.05) is 19.7 Å². The van der Waals surface area contributed by atoms with Gasteiger partial charge in [-0.2, -0.15) is 0 Å². The van der Waals surface area contributed by atoms with Crippen LogP contribution in [0.5, 0.6) is 0 Å². The van der Waals surface area contributed by atoms with Crippen LogP contribution in [0, 0.1) is 22.9 Å². The molecular formula is C22H27F3N4O2. The number of rotatable bonds is 4. The monoisotopic (exact) mass is 436 g/mol. The molecule has 1 aromatic carbocycles. The summed E-state index contributed by atoms with van der Waals surface area (Å²) in [5.74, 6) is -4.28. The van der Waals surface area contributed by atoms with Crippen LogP contribution in [0.25, 0.3) is 11.4 Å². The molecule has 3 rings (SSSR count). The van der Waals surface area contributed by atoms with Crippen molar-refractivity contribution in [2.24, 2.45) is 5.41 Å². The molecule has 9 heteroatoms. The van der Waals surface area contributed by atoms with E-state index in [4.69, 9.17) is 0 Å². The predicted molar refractivity (Wildman–Crippen MR) is 110 cm³/mol. The predicted octanol–water partition coefficient (Wildman–Crippen LogP) is 3.58. The summed E-state index contributed by atoms with van der Waals surface area (Å²) in [7, 11) is 1.49. The maximum atomic E-state index is 14.5. The normalized spacial score (nSPS) is 15.1. The molecule has 2 heterocycles. The minimum absolute atomic E-state index is 0.0687. The molecule has 6 nitrogen and oxygen atoms in total. The second-order valence-electron chi connectivity index (χ2n) is 8.83. The van der Waals surface area contributed by atoms with E-state index in [1.165, 1.54) is 7.05 Å². The molecule has 168 valence electrons. The highest BCUT2D eigenvalue weighted by Gasteiger charge is 2.34. The number of hydrogen-bond acceptors (Lipinski definition) is 3. The minimum Gasteiger partial charge on any atom is -0.357 e. The van der Waals surface area contributed by atoms with Crippen LogP contribution >= 0.6 is 0 Å². The van der Waals surface area contributed by atoms with Crippen LogP contribution < -0.4 is 10.6 Å². The number of fused-ring (bicyclic) bond motifs is 1. The van der Waals surface area contributed by atoms with Gasteiger partial charge in [-0.25, -0.2) is 18.2 Å². The van der Waals surface area contributed by atoms with Crippen LogP contribution in [0.2, 0.25) is 0 Å². The number of nitrogens with zero attached hydrogens (tertiary/aromatic N) is 2. The molecule has 0 aliphatic carbocycles. The largest absolute Gasteiger partial charge is 0.357 e. The summed E-state index contributed by atoms with van der Waals surface area (Å²) in [6.07, 6.45) is 3.03. The highest BCUT2D eigenvalue weighted by molar-refractivity contribution is 5.97. The van der Waals surface area contributed by atoms with Crippen molar-refractivity contribution in [3.63, 3.8) is 0 Å². The van der Waals surface area contributed by atoms with Gasteiger partial charge in [0.05, 0.1) is 11.3 Å². The molecule has 1 aliphatic rings. The Morgan fingerprint density at radius 3 is 2.39 bits per heavy atom. The zero-order valence-corrected chi connectivity index (χ0v) is 18.1. The summed E-state index contributed by atoms with van der Waals surface area (Å²) in [5.41, 5.74) is -0.112. The molecule has 0 fully saturated rings. The van der Waals surface area contributed by atoms with Gasteiger partial charge in [0.15, 0.2) is 11.6 Å². The lowest BCUT2D eigenvalue weighted by Crippen LogP contribution is -2.53. The lowest BCUT2D eigenvalue weighted by Gasteiger charge is -2.29. The molecule has 2 amide bonds. The third kappa shape index (κ3) is 4.60. The number of carbonyl (C=O) groups is 2. The van der Waals surface area contributed by atoms with Gasteiger partial charge in [-0.15, -0.1) is 0 Å². The second-order valence-corrected chi connectivity index (χ2v) is 8.83. The Kier molecular flexibility index (Phi) is 6.43. The first-order valence-electron chi connectivity index (χ1n) is 10.3.